The Morgan fingerprint density at radius 3 is 2.78 bits per heavy atom. The van der Waals surface area contributed by atoms with Crippen molar-refractivity contribution < 1.29 is 14.7 Å². The summed E-state index contributed by atoms with van der Waals surface area (Å²) in [6.45, 7) is 4.58. The summed E-state index contributed by atoms with van der Waals surface area (Å²) in [4.78, 5) is 26.0. The van der Waals surface area contributed by atoms with Crippen LogP contribution < -0.4 is 0 Å². The van der Waals surface area contributed by atoms with Gasteiger partial charge in [0.1, 0.15) is 0 Å². The quantitative estimate of drug-likeness (QED) is 0.895. The predicted molar refractivity (Wildman–Crippen MR) is 69.9 cm³/mol. The van der Waals surface area contributed by atoms with E-state index in [2.05, 4.69) is 0 Å². The Kier molecular flexibility index (Phi) is 3.43. The molecule has 1 saturated heterocycles. The highest BCUT2D eigenvalue weighted by Crippen LogP contribution is 2.31. The van der Waals surface area contributed by atoms with Gasteiger partial charge in [-0.25, -0.2) is 0 Å². The van der Waals surface area contributed by atoms with E-state index in [-0.39, 0.29) is 5.91 Å². The Labute approximate surface area is 110 Å². The van der Waals surface area contributed by atoms with Gasteiger partial charge in [0.05, 0.1) is 10.3 Å². The molecule has 98 valence electrons. The largest absolute Gasteiger partial charge is 0.481 e. The number of thiophene rings is 1. The van der Waals surface area contributed by atoms with Crippen molar-refractivity contribution in [1.29, 1.82) is 0 Å². The van der Waals surface area contributed by atoms with Gasteiger partial charge < -0.3 is 10.0 Å². The molecule has 0 saturated carbocycles. The number of piperidine rings is 1. The van der Waals surface area contributed by atoms with E-state index in [1.165, 1.54) is 11.3 Å². The summed E-state index contributed by atoms with van der Waals surface area (Å²) < 4.78 is 0. The molecule has 0 aliphatic carbocycles. The number of hydrogen-bond donors (Lipinski definition) is 1. The zero-order valence-electron chi connectivity index (χ0n) is 10.6. The molecular formula is C13H17NO3S. The summed E-state index contributed by atoms with van der Waals surface area (Å²) in [6.07, 6.45) is 1.38. The number of carbonyl (C=O) groups is 2. The van der Waals surface area contributed by atoms with Crippen LogP contribution in [-0.4, -0.2) is 35.0 Å². The van der Waals surface area contributed by atoms with Crippen LogP contribution in [0.2, 0.25) is 0 Å². The van der Waals surface area contributed by atoms with Gasteiger partial charge in [-0.05, 0) is 43.7 Å². The number of aryl methyl sites for hydroxylation is 1. The first kappa shape index (κ1) is 13.1. The number of carboxylic acid groups (broad SMARTS) is 1. The molecule has 1 unspecified atom stereocenters. The first-order chi connectivity index (χ1) is 8.44. The number of hydrogen-bond acceptors (Lipinski definition) is 3. The molecule has 0 aromatic carbocycles. The number of carbonyl (C=O) groups excluding carboxylic acids is 1. The molecule has 0 bridgehead atoms. The minimum Gasteiger partial charge on any atom is -0.481 e. The highest BCUT2D eigenvalue weighted by Gasteiger charge is 2.39. The van der Waals surface area contributed by atoms with Crippen LogP contribution >= 0.6 is 11.3 Å². The lowest BCUT2D eigenvalue weighted by molar-refractivity contribution is -0.150. The number of aliphatic carboxylic acids is 1. The van der Waals surface area contributed by atoms with Gasteiger partial charge in [-0.2, -0.15) is 0 Å². The molecule has 1 aromatic heterocycles. The van der Waals surface area contributed by atoms with Gasteiger partial charge in [0.25, 0.3) is 5.91 Å². The fraction of sp³-hybridized carbons (Fsp3) is 0.538. The average Bonchev–Trinajstić information content (AvgIpc) is 2.74. The standard InChI is InChI=1S/C13H17NO3S/c1-9-4-7-18-10(9)11(15)14-6-3-5-13(2,8-14)12(16)17/h4,7H,3,5-6,8H2,1-2H3,(H,16,17). The van der Waals surface area contributed by atoms with E-state index in [0.717, 1.165) is 16.9 Å². The smallest absolute Gasteiger partial charge is 0.311 e. The summed E-state index contributed by atoms with van der Waals surface area (Å²) in [5.41, 5.74) is 0.159. The van der Waals surface area contributed by atoms with E-state index < -0.39 is 11.4 Å². The predicted octanol–water partition coefficient (Wildman–Crippen LogP) is 2.38. The maximum absolute atomic E-state index is 12.3. The van der Waals surface area contributed by atoms with Crippen molar-refractivity contribution in [1.82, 2.24) is 4.90 Å². The third-order valence-corrected chi connectivity index (χ3v) is 4.56. The van der Waals surface area contributed by atoms with Gasteiger partial charge in [-0.15, -0.1) is 11.3 Å². The number of rotatable bonds is 2. The molecule has 1 aliphatic rings. The Balaban J connectivity index is 2.17. The molecule has 18 heavy (non-hydrogen) atoms. The Hall–Kier alpha value is -1.36. The first-order valence-corrected chi connectivity index (χ1v) is 6.89. The minimum absolute atomic E-state index is 0.0327. The molecule has 4 nitrogen and oxygen atoms in total. The Bertz CT molecular complexity index is 482. The highest BCUT2D eigenvalue weighted by molar-refractivity contribution is 7.12. The Morgan fingerprint density at radius 1 is 1.50 bits per heavy atom. The zero-order valence-corrected chi connectivity index (χ0v) is 11.4. The average molecular weight is 267 g/mol. The van der Waals surface area contributed by atoms with E-state index >= 15 is 0 Å². The monoisotopic (exact) mass is 267 g/mol. The van der Waals surface area contributed by atoms with Gasteiger partial charge in [-0.3, -0.25) is 9.59 Å². The van der Waals surface area contributed by atoms with Crippen molar-refractivity contribution >= 4 is 23.2 Å². The molecule has 1 fully saturated rings. The van der Waals surface area contributed by atoms with Crippen LogP contribution in [0.15, 0.2) is 11.4 Å². The van der Waals surface area contributed by atoms with Crippen LogP contribution in [0.25, 0.3) is 0 Å². The van der Waals surface area contributed by atoms with Crippen molar-refractivity contribution in [3.63, 3.8) is 0 Å². The molecule has 1 aromatic rings. The van der Waals surface area contributed by atoms with Gasteiger partial charge in [0.15, 0.2) is 0 Å². The lowest BCUT2D eigenvalue weighted by Gasteiger charge is -2.37. The van der Waals surface area contributed by atoms with E-state index in [1.54, 1.807) is 11.8 Å². The van der Waals surface area contributed by atoms with Crippen molar-refractivity contribution in [3.8, 4) is 0 Å². The molecule has 0 spiro atoms. The van der Waals surface area contributed by atoms with Crippen LogP contribution in [0.1, 0.15) is 35.0 Å². The maximum Gasteiger partial charge on any atom is 0.311 e. The summed E-state index contributed by atoms with van der Waals surface area (Å²) in [5.74, 6) is -0.849. The fourth-order valence-corrected chi connectivity index (χ4v) is 3.21. The molecule has 1 aliphatic heterocycles. The van der Waals surface area contributed by atoms with Crippen molar-refractivity contribution in [2.75, 3.05) is 13.1 Å². The molecule has 2 heterocycles. The van der Waals surface area contributed by atoms with E-state index in [1.807, 2.05) is 18.4 Å². The van der Waals surface area contributed by atoms with Gasteiger partial charge >= 0.3 is 5.97 Å². The molecular weight excluding hydrogens is 250 g/mol. The van der Waals surface area contributed by atoms with Crippen LogP contribution in [0.5, 0.6) is 0 Å². The second-order valence-electron chi connectivity index (χ2n) is 5.13. The number of likely N-dealkylation sites (tertiary alicyclic amines) is 1. The normalized spacial score (nSPS) is 24.0. The third kappa shape index (κ3) is 2.27. The zero-order chi connectivity index (χ0) is 13.3. The van der Waals surface area contributed by atoms with Crippen LogP contribution in [-0.2, 0) is 4.79 Å². The third-order valence-electron chi connectivity index (χ3n) is 3.56. The SMILES string of the molecule is Cc1ccsc1C(=O)N1CCCC(C)(C(=O)O)C1. The lowest BCUT2D eigenvalue weighted by Crippen LogP contribution is -2.48. The number of nitrogens with zero attached hydrogens (tertiary/aromatic N) is 1. The topological polar surface area (TPSA) is 57.6 Å². The summed E-state index contributed by atoms with van der Waals surface area (Å²) in [7, 11) is 0. The van der Waals surface area contributed by atoms with E-state index in [0.29, 0.717) is 19.5 Å². The second kappa shape index (κ2) is 4.72. The molecule has 1 amide bonds. The second-order valence-corrected chi connectivity index (χ2v) is 6.04. The molecule has 1 N–H and O–H groups in total. The lowest BCUT2D eigenvalue weighted by atomic mass is 9.82. The summed E-state index contributed by atoms with van der Waals surface area (Å²) in [6, 6.07) is 1.91. The van der Waals surface area contributed by atoms with Crippen molar-refractivity contribution in [3.05, 3.63) is 21.9 Å². The number of amides is 1. The fourth-order valence-electron chi connectivity index (χ4n) is 2.32. The summed E-state index contributed by atoms with van der Waals surface area (Å²) >= 11 is 1.42. The van der Waals surface area contributed by atoms with Crippen LogP contribution in [0.4, 0.5) is 0 Å². The Morgan fingerprint density at radius 2 is 2.22 bits per heavy atom. The van der Waals surface area contributed by atoms with Gasteiger partial charge in [0, 0.05) is 13.1 Å². The van der Waals surface area contributed by atoms with Crippen molar-refractivity contribution in [2.45, 2.75) is 26.7 Å². The number of carboxylic acids is 1. The van der Waals surface area contributed by atoms with E-state index in [4.69, 9.17) is 0 Å². The molecule has 0 radical (unpaired) electrons. The van der Waals surface area contributed by atoms with Crippen LogP contribution in [0.3, 0.4) is 0 Å². The molecule has 1 atom stereocenters. The van der Waals surface area contributed by atoms with Crippen LogP contribution in [0, 0.1) is 12.3 Å². The summed E-state index contributed by atoms with van der Waals surface area (Å²) in [5, 5.41) is 11.1. The molecule has 2 rings (SSSR count). The minimum atomic E-state index is -0.817. The van der Waals surface area contributed by atoms with Gasteiger partial charge in [-0.1, -0.05) is 0 Å². The van der Waals surface area contributed by atoms with Crippen molar-refractivity contribution in [2.24, 2.45) is 5.41 Å². The first-order valence-electron chi connectivity index (χ1n) is 6.01. The maximum atomic E-state index is 12.3. The van der Waals surface area contributed by atoms with Gasteiger partial charge in [0.2, 0.25) is 0 Å². The highest BCUT2D eigenvalue weighted by atomic mass is 32.1. The molecule has 5 heteroatoms. The van der Waals surface area contributed by atoms with E-state index in [9.17, 15) is 14.7 Å².